The van der Waals surface area contributed by atoms with Crippen LogP contribution < -0.4 is 9.64 Å². The summed E-state index contributed by atoms with van der Waals surface area (Å²) in [4.78, 5) is 17.8. The van der Waals surface area contributed by atoms with Crippen molar-refractivity contribution in [3.63, 3.8) is 0 Å². The van der Waals surface area contributed by atoms with E-state index in [0.29, 0.717) is 0 Å². The minimum atomic E-state index is 0.771. The minimum Gasteiger partial charge on any atom is -0.494 e. The summed E-state index contributed by atoms with van der Waals surface area (Å²) >= 11 is 0. The monoisotopic (exact) mass is 373 g/mol. The van der Waals surface area contributed by atoms with Crippen molar-refractivity contribution >= 4 is 27.6 Å². The Balaban J connectivity index is 1.52. The average Bonchev–Trinajstić information content (AvgIpc) is 3.17. The second-order valence-electron chi connectivity index (χ2n) is 7.31. The van der Waals surface area contributed by atoms with Gasteiger partial charge in [0.15, 0.2) is 5.82 Å². The van der Waals surface area contributed by atoms with Crippen LogP contribution in [-0.2, 0) is 0 Å². The van der Waals surface area contributed by atoms with E-state index in [1.54, 1.807) is 7.11 Å². The normalized spacial score (nSPS) is 15.4. The molecule has 1 aliphatic heterocycles. The SMILES string of the molecule is COc1cccc2ccc(-c3nc4ccc(N5CCN(C)CC5)cc4[nH]3)nc12. The molecular formula is C22H23N5O. The molecule has 5 rings (SSSR count). The van der Waals surface area contributed by atoms with Gasteiger partial charge in [0.25, 0.3) is 0 Å². The van der Waals surface area contributed by atoms with E-state index in [2.05, 4.69) is 46.1 Å². The van der Waals surface area contributed by atoms with Crippen molar-refractivity contribution in [2.24, 2.45) is 0 Å². The van der Waals surface area contributed by atoms with E-state index in [0.717, 1.165) is 65.4 Å². The van der Waals surface area contributed by atoms with Crippen LogP contribution in [0.1, 0.15) is 0 Å². The molecule has 0 bridgehead atoms. The number of imidazole rings is 1. The van der Waals surface area contributed by atoms with Crippen molar-refractivity contribution in [1.82, 2.24) is 19.9 Å². The number of nitrogens with one attached hydrogen (secondary N) is 1. The van der Waals surface area contributed by atoms with Crippen molar-refractivity contribution in [2.75, 3.05) is 45.2 Å². The molecule has 0 unspecified atom stereocenters. The second-order valence-corrected chi connectivity index (χ2v) is 7.31. The molecule has 2 aromatic heterocycles. The minimum absolute atomic E-state index is 0.771. The highest BCUT2D eigenvalue weighted by atomic mass is 16.5. The summed E-state index contributed by atoms with van der Waals surface area (Å²) in [6, 6.07) is 16.4. The maximum absolute atomic E-state index is 5.47. The molecule has 0 radical (unpaired) electrons. The number of hydrogen-bond acceptors (Lipinski definition) is 5. The number of H-pyrrole nitrogens is 1. The molecule has 0 amide bonds. The summed E-state index contributed by atoms with van der Waals surface area (Å²) in [6.07, 6.45) is 0. The number of aromatic nitrogens is 3. The Morgan fingerprint density at radius 1 is 0.964 bits per heavy atom. The molecule has 1 fully saturated rings. The molecular weight excluding hydrogens is 350 g/mol. The van der Waals surface area contributed by atoms with Crippen LogP contribution in [0.15, 0.2) is 48.5 Å². The number of nitrogens with zero attached hydrogens (tertiary/aromatic N) is 4. The zero-order valence-corrected chi connectivity index (χ0v) is 16.1. The van der Waals surface area contributed by atoms with E-state index in [9.17, 15) is 0 Å². The van der Waals surface area contributed by atoms with Gasteiger partial charge in [0, 0.05) is 37.3 Å². The first kappa shape index (κ1) is 17.0. The van der Waals surface area contributed by atoms with E-state index < -0.39 is 0 Å². The van der Waals surface area contributed by atoms with Crippen molar-refractivity contribution in [1.29, 1.82) is 0 Å². The number of methoxy groups -OCH3 is 1. The lowest BCUT2D eigenvalue weighted by Crippen LogP contribution is -2.44. The fourth-order valence-corrected chi connectivity index (χ4v) is 3.80. The molecule has 142 valence electrons. The Kier molecular flexibility index (Phi) is 4.13. The number of pyridine rings is 1. The Labute approximate surface area is 163 Å². The number of piperazine rings is 1. The van der Waals surface area contributed by atoms with Crippen LogP contribution in [0.25, 0.3) is 33.5 Å². The molecule has 4 aromatic rings. The molecule has 0 atom stereocenters. The third-order valence-electron chi connectivity index (χ3n) is 5.48. The molecule has 0 aliphatic carbocycles. The number of hydrogen-bond donors (Lipinski definition) is 1. The van der Waals surface area contributed by atoms with E-state index >= 15 is 0 Å². The highest BCUT2D eigenvalue weighted by molar-refractivity contribution is 5.87. The van der Waals surface area contributed by atoms with Crippen LogP contribution >= 0.6 is 0 Å². The summed E-state index contributed by atoms with van der Waals surface area (Å²) < 4.78 is 5.47. The molecule has 6 nitrogen and oxygen atoms in total. The van der Waals surface area contributed by atoms with Crippen molar-refractivity contribution in [3.8, 4) is 17.3 Å². The standard InChI is InChI=1S/C22H23N5O/c1-26-10-12-27(13-11-26)16-7-9-17-19(14-16)25-22(24-17)18-8-6-15-4-3-5-20(28-2)21(15)23-18/h3-9,14H,10-13H2,1-2H3,(H,24,25). The molecule has 1 saturated heterocycles. The van der Waals surface area contributed by atoms with Crippen LogP contribution in [0.3, 0.4) is 0 Å². The highest BCUT2D eigenvalue weighted by Gasteiger charge is 2.16. The average molecular weight is 373 g/mol. The van der Waals surface area contributed by atoms with Crippen molar-refractivity contribution < 1.29 is 4.74 Å². The van der Waals surface area contributed by atoms with E-state index in [1.807, 2.05) is 24.3 Å². The smallest absolute Gasteiger partial charge is 0.157 e. The first-order chi connectivity index (χ1) is 13.7. The highest BCUT2D eigenvalue weighted by Crippen LogP contribution is 2.28. The number of benzene rings is 2. The Hall–Kier alpha value is -3.12. The van der Waals surface area contributed by atoms with Gasteiger partial charge in [0.1, 0.15) is 17.0 Å². The molecule has 3 heterocycles. The first-order valence-corrected chi connectivity index (χ1v) is 9.59. The van der Waals surface area contributed by atoms with Gasteiger partial charge in [0.2, 0.25) is 0 Å². The first-order valence-electron chi connectivity index (χ1n) is 9.59. The molecule has 2 aromatic carbocycles. The zero-order valence-electron chi connectivity index (χ0n) is 16.1. The Morgan fingerprint density at radius 2 is 1.82 bits per heavy atom. The molecule has 1 N–H and O–H groups in total. The van der Waals surface area contributed by atoms with Gasteiger partial charge in [-0.2, -0.15) is 0 Å². The zero-order chi connectivity index (χ0) is 19.1. The summed E-state index contributed by atoms with van der Waals surface area (Å²) in [7, 11) is 3.84. The van der Waals surface area contributed by atoms with E-state index in [-0.39, 0.29) is 0 Å². The van der Waals surface area contributed by atoms with Crippen LogP contribution in [0.5, 0.6) is 5.75 Å². The van der Waals surface area contributed by atoms with E-state index in [1.165, 1.54) is 5.69 Å². The second kappa shape index (κ2) is 6.80. The summed E-state index contributed by atoms with van der Waals surface area (Å²) in [6.45, 7) is 4.29. The maximum Gasteiger partial charge on any atom is 0.157 e. The number of likely N-dealkylation sites (N-methyl/N-ethyl adjacent to an activating group) is 1. The van der Waals surface area contributed by atoms with Gasteiger partial charge in [-0.15, -0.1) is 0 Å². The van der Waals surface area contributed by atoms with Crippen molar-refractivity contribution in [2.45, 2.75) is 0 Å². The molecule has 28 heavy (non-hydrogen) atoms. The predicted molar refractivity (Wildman–Crippen MR) is 113 cm³/mol. The summed E-state index contributed by atoms with van der Waals surface area (Å²) in [5, 5.41) is 1.05. The van der Waals surface area contributed by atoms with Crippen LogP contribution in [0.4, 0.5) is 5.69 Å². The Bertz CT molecular complexity index is 1140. The van der Waals surface area contributed by atoms with E-state index in [4.69, 9.17) is 14.7 Å². The lowest BCUT2D eigenvalue weighted by molar-refractivity contribution is 0.313. The van der Waals surface area contributed by atoms with Gasteiger partial charge in [-0.1, -0.05) is 18.2 Å². The van der Waals surface area contributed by atoms with Crippen molar-refractivity contribution in [3.05, 3.63) is 48.5 Å². The topological polar surface area (TPSA) is 57.3 Å². The quantitative estimate of drug-likeness (QED) is 0.595. The molecule has 1 aliphatic rings. The summed E-state index contributed by atoms with van der Waals surface area (Å²) in [5.74, 6) is 1.55. The van der Waals surface area contributed by atoms with Gasteiger partial charge in [-0.3, -0.25) is 0 Å². The number of para-hydroxylation sites is 1. The summed E-state index contributed by atoms with van der Waals surface area (Å²) in [5.41, 5.74) is 4.89. The third kappa shape index (κ3) is 2.96. The van der Waals surface area contributed by atoms with Crippen LogP contribution in [-0.4, -0.2) is 60.2 Å². The predicted octanol–water partition coefficient (Wildman–Crippen LogP) is 3.54. The van der Waals surface area contributed by atoms with Gasteiger partial charge in [-0.05, 0) is 37.4 Å². The van der Waals surface area contributed by atoms with Gasteiger partial charge >= 0.3 is 0 Å². The molecule has 0 spiro atoms. The third-order valence-corrected chi connectivity index (χ3v) is 5.48. The van der Waals surface area contributed by atoms with Gasteiger partial charge in [0.05, 0.1) is 18.1 Å². The van der Waals surface area contributed by atoms with Crippen LogP contribution in [0.2, 0.25) is 0 Å². The maximum atomic E-state index is 5.47. The molecule has 6 heteroatoms. The number of ether oxygens (including phenoxy) is 1. The lowest BCUT2D eigenvalue weighted by Gasteiger charge is -2.34. The number of fused-ring (bicyclic) bond motifs is 2. The van der Waals surface area contributed by atoms with Gasteiger partial charge < -0.3 is 19.5 Å². The Morgan fingerprint density at radius 3 is 2.64 bits per heavy atom. The van der Waals surface area contributed by atoms with Gasteiger partial charge in [-0.25, -0.2) is 9.97 Å². The number of aromatic amines is 1. The number of rotatable bonds is 3. The fourth-order valence-electron chi connectivity index (χ4n) is 3.80. The largest absolute Gasteiger partial charge is 0.494 e. The lowest BCUT2D eigenvalue weighted by atomic mass is 10.2. The van der Waals surface area contributed by atoms with Crippen LogP contribution in [0, 0.1) is 0 Å². The fraction of sp³-hybridized carbons (Fsp3) is 0.273. The molecule has 0 saturated carbocycles. The number of anilines is 1.